The smallest absolute Gasteiger partial charge is 0.243 e. The number of rotatable bonds is 5. The molecule has 0 unspecified atom stereocenters. The zero-order valence-electron chi connectivity index (χ0n) is 20.5. The first-order valence-electron chi connectivity index (χ1n) is 12.5. The molecule has 0 aromatic heterocycles. The minimum absolute atomic E-state index is 0.0202. The molecule has 0 bridgehead atoms. The molecule has 0 saturated carbocycles. The number of aliphatic hydroxyl groups is 1. The Bertz CT molecular complexity index is 1270. The highest BCUT2D eigenvalue weighted by molar-refractivity contribution is 7.89. The van der Waals surface area contributed by atoms with Crippen LogP contribution in [0, 0.1) is 13.8 Å². The predicted octanol–water partition coefficient (Wildman–Crippen LogP) is 4.58. The molecule has 184 valence electrons. The van der Waals surface area contributed by atoms with Crippen molar-refractivity contribution in [1.29, 1.82) is 0 Å². The van der Waals surface area contributed by atoms with Crippen LogP contribution in [-0.4, -0.2) is 61.1 Å². The summed E-state index contributed by atoms with van der Waals surface area (Å²) in [4.78, 5) is 2.68. The van der Waals surface area contributed by atoms with Crippen molar-refractivity contribution in [3.8, 4) is 11.1 Å². The highest BCUT2D eigenvalue weighted by Gasteiger charge is 2.50. The molecular weight excluding hydrogens is 456 g/mol. The van der Waals surface area contributed by atoms with Crippen LogP contribution in [0.5, 0.6) is 0 Å². The molecule has 2 saturated heterocycles. The molecule has 2 aliphatic heterocycles. The van der Waals surface area contributed by atoms with Crippen molar-refractivity contribution in [2.45, 2.75) is 49.6 Å². The predicted molar refractivity (Wildman–Crippen MR) is 140 cm³/mol. The zero-order valence-corrected chi connectivity index (χ0v) is 21.3. The van der Waals surface area contributed by atoms with Crippen molar-refractivity contribution >= 4 is 10.0 Å². The number of aryl methyl sites for hydroxylation is 2. The molecule has 2 heterocycles. The van der Waals surface area contributed by atoms with Crippen LogP contribution in [0.3, 0.4) is 0 Å². The van der Waals surface area contributed by atoms with Crippen LogP contribution in [0.25, 0.3) is 11.1 Å². The van der Waals surface area contributed by atoms with E-state index in [1.807, 2.05) is 19.1 Å². The number of hydrogen-bond donors (Lipinski definition) is 1. The van der Waals surface area contributed by atoms with Gasteiger partial charge in [0.25, 0.3) is 0 Å². The summed E-state index contributed by atoms with van der Waals surface area (Å²) in [6.07, 6.45) is 1.74. The molecule has 5 rings (SSSR count). The van der Waals surface area contributed by atoms with E-state index < -0.39 is 10.0 Å². The Balaban J connectivity index is 1.42. The van der Waals surface area contributed by atoms with Crippen molar-refractivity contribution in [3.05, 3.63) is 89.5 Å². The lowest BCUT2D eigenvalue weighted by Gasteiger charge is -2.57. The fourth-order valence-electron chi connectivity index (χ4n) is 5.70. The zero-order chi connectivity index (χ0) is 24.6. The standard InChI is InChI=1S/C29H34N2O3S/c1-21-8-10-23(11-9-21)24-12-14-25(15-13-24)29-27-19-30(16-3-4-17-31(27)28(29)20-32)35(33,34)26-7-5-6-22(2)18-26/h5-15,18,27-29,32H,3-4,16-17,19-20H2,1-2H3/t27-,28-,29+/m0/s1. The van der Waals surface area contributed by atoms with Crippen molar-refractivity contribution in [1.82, 2.24) is 9.21 Å². The molecular formula is C29H34N2O3S. The largest absolute Gasteiger partial charge is 0.395 e. The van der Waals surface area contributed by atoms with Crippen molar-refractivity contribution in [3.63, 3.8) is 0 Å². The summed E-state index contributed by atoms with van der Waals surface area (Å²) in [7, 11) is -3.58. The lowest BCUT2D eigenvalue weighted by molar-refractivity contribution is -0.0553. The number of hydrogen-bond acceptors (Lipinski definition) is 4. The molecule has 2 aliphatic rings. The third-order valence-corrected chi connectivity index (χ3v) is 9.50. The van der Waals surface area contributed by atoms with Gasteiger partial charge in [0.1, 0.15) is 0 Å². The number of fused-ring (bicyclic) bond motifs is 1. The van der Waals surface area contributed by atoms with Gasteiger partial charge in [-0.25, -0.2) is 8.42 Å². The van der Waals surface area contributed by atoms with Crippen LogP contribution in [0.4, 0.5) is 0 Å². The van der Waals surface area contributed by atoms with Gasteiger partial charge in [-0.1, -0.05) is 66.2 Å². The Labute approximate surface area is 209 Å². The fourth-order valence-corrected chi connectivity index (χ4v) is 7.30. The number of aliphatic hydroxyl groups excluding tert-OH is 1. The minimum atomic E-state index is -3.58. The summed E-state index contributed by atoms with van der Waals surface area (Å²) in [5.74, 6) is 0.0976. The Morgan fingerprint density at radius 2 is 1.51 bits per heavy atom. The van der Waals surface area contributed by atoms with E-state index in [1.165, 1.54) is 11.1 Å². The van der Waals surface area contributed by atoms with Gasteiger partial charge in [0, 0.05) is 31.1 Å². The average Bonchev–Trinajstić information content (AvgIpc) is 2.84. The summed E-state index contributed by atoms with van der Waals surface area (Å²) < 4.78 is 28.8. The third-order valence-electron chi connectivity index (χ3n) is 7.64. The van der Waals surface area contributed by atoms with Crippen LogP contribution >= 0.6 is 0 Å². The Morgan fingerprint density at radius 1 is 0.857 bits per heavy atom. The van der Waals surface area contributed by atoms with E-state index in [1.54, 1.807) is 16.4 Å². The van der Waals surface area contributed by atoms with E-state index in [9.17, 15) is 13.5 Å². The van der Waals surface area contributed by atoms with Crippen LogP contribution in [0.15, 0.2) is 77.7 Å². The number of benzene rings is 3. The maximum Gasteiger partial charge on any atom is 0.243 e. The van der Waals surface area contributed by atoms with Gasteiger partial charge in [-0.15, -0.1) is 0 Å². The molecule has 0 amide bonds. The van der Waals surface area contributed by atoms with Crippen LogP contribution < -0.4 is 0 Å². The highest BCUT2D eigenvalue weighted by atomic mass is 32.2. The molecule has 6 heteroatoms. The van der Waals surface area contributed by atoms with Gasteiger partial charge in [-0.05, 0) is 67.6 Å². The van der Waals surface area contributed by atoms with Gasteiger partial charge in [0.05, 0.1) is 11.5 Å². The number of nitrogens with zero attached hydrogens (tertiary/aromatic N) is 2. The second-order valence-corrected chi connectivity index (χ2v) is 11.9. The first-order valence-corrected chi connectivity index (χ1v) is 13.9. The van der Waals surface area contributed by atoms with E-state index in [4.69, 9.17) is 0 Å². The van der Waals surface area contributed by atoms with Crippen LogP contribution in [-0.2, 0) is 10.0 Å². The van der Waals surface area contributed by atoms with Gasteiger partial charge in [0.2, 0.25) is 10.0 Å². The molecule has 5 nitrogen and oxygen atoms in total. The van der Waals surface area contributed by atoms with E-state index in [0.717, 1.165) is 36.1 Å². The van der Waals surface area contributed by atoms with Crippen molar-refractivity contribution in [2.24, 2.45) is 0 Å². The monoisotopic (exact) mass is 490 g/mol. The Hall–Kier alpha value is -2.51. The second-order valence-electron chi connectivity index (χ2n) is 9.96. The number of sulfonamides is 1. The molecule has 3 aromatic carbocycles. The maximum absolute atomic E-state index is 13.6. The van der Waals surface area contributed by atoms with Gasteiger partial charge in [-0.2, -0.15) is 4.31 Å². The molecule has 2 fully saturated rings. The highest BCUT2D eigenvalue weighted by Crippen LogP contribution is 2.43. The van der Waals surface area contributed by atoms with E-state index in [-0.39, 0.29) is 24.6 Å². The van der Waals surface area contributed by atoms with Crippen molar-refractivity contribution in [2.75, 3.05) is 26.2 Å². The maximum atomic E-state index is 13.6. The molecule has 0 spiro atoms. The van der Waals surface area contributed by atoms with Gasteiger partial charge in [-0.3, -0.25) is 4.90 Å². The van der Waals surface area contributed by atoms with Gasteiger partial charge in [0.15, 0.2) is 0 Å². The average molecular weight is 491 g/mol. The third kappa shape index (κ3) is 4.68. The summed E-state index contributed by atoms with van der Waals surface area (Å²) in [6, 6.07) is 24.3. The van der Waals surface area contributed by atoms with E-state index in [2.05, 4.69) is 60.4 Å². The molecule has 3 aromatic rings. The van der Waals surface area contributed by atoms with Gasteiger partial charge < -0.3 is 5.11 Å². The van der Waals surface area contributed by atoms with E-state index >= 15 is 0 Å². The molecule has 0 aliphatic carbocycles. The second kappa shape index (κ2) is 9.86. The summed E-state index contributed by atoms with van der Waals surface area (Å²) >= 11 is 0. The quantitative estimate of drug-likeness (QED) is 0.569. The fraction of sp³-hybridized carbons (Fsp3) is 0.379. The first-order chi connectivity index (χ1) is 16.9. The molecule has 1 N–H and O–H groups in total. The summed E-state index contributed by atoms with van der Waals surface area (Å²) in [6.45, 7) is 5.95. The molecule has 35 heavy (non-hydrogen) atoms. The molecule has 0 radical (unpaired) electrons. The SMILES string of the molecule is Cc1ccc(-c2ccc([C@H]3[C@H](CO)N4CCCCN(S(=O)(=O)c5cccc(C)c5)C[C@@H]34)cc2)cc1. The topological polar surface area (TPSA) is 60.9 Å². The van der Waals surface area contributed by atoms with E-state index in [0.29, 0.717) is 18.0 Å². The summed E-state index contributed by atoms with van der Waals surface area (Å²) in [5.41, 5.74) is 5.68. The lowest BCUT2D eigenvalue weighted by Crippen LogP contribution is -2.67. The Kier molecular flexibility index (Phi) is 6.82. The van der Waals surface area contributed by atoms with Crippen molar-refractivity contribution < 1.29 is 13.5 Å². The minimum Gasteiger partial charge on any atom is -0.395 e. The molecule has 3 atom stereocenters. The normalized spacial score (nSPS) is 23.7. The Morgan fingerprint density at radius 3 is 2.17 bits per heavy atom. The van der Waals surface area contributed by atoms with Crippen LogP contribution in [0.1, 0.15) is 35.4 Å². The first kappa shape index (κ1) is 24.2. The summed E-state index contributed by atoms with van der Waals surface area (Å²) in [5, 5.41) is 10.2. The van der Waals surface area contributed by atoms with Crippen LogP contribution in [0.2, 0.25) is 0 Å². The lowest BCUT2D eigenvalue weighted by atomic mass is 9.74. The van der Waals surface area contributed by atoms with Gasteiger partial charge >= 0.3 is 0 Å².